The Morgan fingerprint density at radius 2 is 2.14 bits per heavy atom. The summed E-state index contributed by atoms with van der Waals surface area (Å²) in [5, 5.41) is 0. The third kappa shape index (κ3) is 3.59. The van der Waals surface area contributed by atoms with Gasteiger partial charge in [-0.2, -0.15) is 0 Å². The van der Waals surface area contributed by atoms with Gasteiger partial charge in [-0.1, -0.05) is 18.3 Å². The van der Waals surface area contributed by atoms with E-state index in [0.29, 0.717) is 24.5 Å². The number of hydrogen-bond acceptors (Lipinski definition) is 3. The van der Waals surface area contributed by atoms with E-state index in [1.165, 1.54) is 6.42 Å². The molecule has 0 aliphatic heterocycles. The molecule has 112 valence electrons. The molecule has 3 rings (SSSR count). The average molecular weight is 303 g/mol. The minimum absolute atomic E-state index is 0.205. The second-order valence-corrected chi connectivity index (χ2v) is 6.79. The lowest BCUT2D eigenvalue weighted by Crippen LogP contribution is -2.37. The van der Waals surface area contributed by atoms with Crippen molar-refractivity contribution in [3.8, 4) is 0 Å². The number of fused-ring (bicyclic) bond motifs is 1. The molecule has 2 aliphatic rings. The number of pyridine rings is 1. The van der Waals surface area contributed by atoms with E-state index in [1.54, 1.807) is 6.20 Å². The zero-order valence-corrected chi connectivity index (χ0v) is 12.9. The smallest absolute Gasteiger partial charge is 0.226 e. The maximum atomic E-state index is 12.7. The lowest BCUT2D eigenvalue weighted by Gasteiger charge is -2.26. The van der Waals surface area contributed by atoms with Crippen molar-refractivity contribution < 1.29 is 4.79 Å². The third-order valence-electron chi connectivity index (χ3n) is 4.63. The molecule has 0 saturated heterocycles. The summed E-state index contributed by atoms with van der Waals surface area (Å²) in [6, 6.07) is 3.90. The lowest BCUT2D eigenvalue weighted by atomic mass is 10.0. The Morgan fingerprint density at radius 3 is 2.76 bits per heavy atom. The molecule has 21 heavy (non-hydrogen) atoms. The van der Waals surface area contributed by atoms with Gasteiger partial charge in [0.05, 0.1) is 4.99 Å². The maximum absolute atomic E-state index is 12.7. The van der Waals surface area contributed by atoms with E-state index in [2.05, 4.69) is 4.98 Å². The molecular weight excluding hydrogens is 282 g/mol. The quantitative estimate of drug-likeness (QED) is 0.818. The van der Waals surface area contributed by atoms with Crippen LogP contribution in [-0.2, 0) is 11.3 Å². The minimum Gasteiger partial charge on any atom is -0.393 e. The van der Waals surface area contributed by atoms with Crippen molar-refractivity contribution in [1.29, 1.82) is 0 Å². The van der Waals surface area contributed by atoms with Gasteiger partial charge < -0.3 is 10.6 Å². The highest BCUT2D eigenvalue weighted by molar-refractivity contribution is 7.80. The highest BCUT2D eigenvalue weighted by Gasteiger charge is 2.48. The van der Waals surface area contributed by atoms with Crippen LogP contribution in [0.4, 0.5) is 0 Å². The normalized spacial score (nSPS) is 26.2. The Kier molecular flexibility index (Phi) is 4.19. The first-order chi connectivity index (χ1) is 10.1. The summed E-state index contributed by atoms with van der Waals surface area (Å²) in [6.07, 6.45) is 7.61. The summed E-state index contributed by atoms with van der Waals surface area (Å²) in [5.41, 5.74) is 6.65. The van der Waals surface area contributed by atoms with Gasteiger partial charge in [-0.25, -0.2) is 0 Å². The molecule has 0 radical (unpaired) electrons. The van der Waals surface area contributed by atoms with Crippen LogP contribution < -0.4 is 5.73 Å². The van der Waals surface area contributed by atoms with Gasteiger partial charge >= 0.3 is 0 Å². The molecule has 0 spiro atoms. The number of nitrogens with zero attached hydrogens (tertiary/aromatic N) is 2. The first-order valence-electron chi connectivity index (χ1n) is 7.59. The van der Waals surface area contributed by atoms with Crippen molar-refractivity contribution in [2.75, 3.05) is 6.54 Å². The first-order valence-corrected chi connectivity index (χ1v) is 8.00. The van der Waals surface area contributed by atoms with E-state index in [4.69, 9.17) is 18.0 Å². The zero-order valence-electron chi connectivity index (χ0n) is 12.1. The molecule has 5 heteroatoms. The molecule has 2 N–H and O–H groups in total. The standard InChI is InChI=1S/C16H21N3OS/c17-15(21)3-5-19(10-11-2-1-4-18-9-11)16(20)14-7-12-6-13(12)8-14/h1-2,4,9,12-14H,3,5-8,10H2,(H2,17,21). The second kappa shape index (κ2) is 6.10. The Morgan fingerprint density at radius 1 is 1.38 bits per heavy atom. The molecular formula is C16H21N3OS. The molecule has 0 aromatic carbocycles. The topological polar surface area (TPSA) is 59.2 Å². The van der Waals surface area contributed by atoms with E-state index in [-0.39, 0.29) is 11.8 Å². The molecule has 2 saturated carbocycles. The summed E-state index contributed by atoms with van der Waals surface area (Å²) < 4.78 is 0. The first kappa shape index (κ1) is 14.4. The van der Waals surface area contributed by atoms with Crippen LogP contribution in [0.15, 0.2) is 24.5 Å². The SMILES string of the molecule is NC(=S)CCN(Cc1cccnc1)C(=O)C1CC2CC2C1. The Balaban J connectivity index is 1.65. The van der Waals surface area contributed by atoms with Gasteiger partial charge in [-0.3, -0.25) is 9.78 Å². The van der Waals surface area contributed by atoms with Crippen LogP contribution in [-0.4, -0.2) is 27.3 Å². The molecule has 2 fully saturated rings. The third-order valence-corrected chi connectivity index (χ3v) is 4.83. The molecule has 2 unspecified atom stereocenters. The van der Waals surface area contributed by atoms with E-state index < -0.39 is 0 Å². The number of nitrogens with two attached hydrogens (primary N) is 1. The summed E-state index contributed by atoms with van der Waals surface area (Å²) in [6.45, 7) is 1.20. The number of amides is 1. The monoisotopic (exact) mass is 303 g/mol. The molecule has 1 aromatic heterocycles. The van der Waals surface area contributed by atoms with E-state index >= 15 is 0 Å². The van der Waals surface area contributed by atoms with Crippen molar-refractivity contribution in [1.82, 2.24) is 9.88 Å². The van der Waals surface area contributed by atoms with Gasteiger partial charge in [-0.15, -0.1) is 0 Å². The Hall–Kier alpha value is -1.49. The van der Waals surface area contributed by atoms with E-state index in [1.807, 2.05) is 23.2 Å². The zero-order chi connectivity index (χ0) is 14.8. The van der Waals surface area contributed by atoms with Gasteiger partial charge in [-0.05, 0) is 42.7 Å². The summed E-state index contributed by atoms with van der Waals surface area (Å²) >= 11 is 4.95. The average Bonchev–Trinajstić information content (AvgIpc) is 3.10. The molecule has 0 bridgehead atoms. The molecule has 4 nitrogen and oxygen atoms in total. The summed E-state index contributed by atoms with van der Waals surface area (Å²) in [4.78, 5) is 19.2. The van der Waals surface area contributed by atoms with Crippen molar-refractivity contribution in [2.24, 2.45) is 23.5 Å². The predicted molar refractivity (Wildman–Crippen MR) is 85.4 cm³/mol. The van der Waals surface area contributed by atoms with Crippen molar-refractivity contribution in [3.05, 3.63) is 30.1 Å². The predicted octanol–water partition coefficient (Wildman–Crippen LogP) is 2.13. The van der Waals surface area contributed by atoms with Crippen LogP contribution in [0.25, 0.3) is 0 Å². The molecule has 1 heterocycles. The maximum Gasteiger partial charge on any atom is 0.226 e. The van der Waals surface area contributed by atoms with Crippen LogP contribution in [0.1, 0.15) is 31.2 Å². The highest BCUT2D eigenvalue weighted by atomic mass is 32.1. The van der Waals surface area contributed by atoms with Crippen LogP contribution >= 0.6 is 12.2 Å². The van der Waals surface area contributed by atoms with Gasteiger partial charge in [0.15, 0.2) is 0 Å². The largest absolute Gasteiger partial charge is 0.393 e. The van der Waals surface area contributed by atoms with Crippen molar-refractivity contribution in [2.45, 2.75) is 32.2 Å². The fourth-order valence-corrected chi connectivity index (χ4v) is 3.49. The molecule has 1 aromatic rings. The minimum atomic E-state index is 0.205. The Labute approximate surface area is 130 Å². The molecule has 2 atom stereocenters. The van der Waals surface area contributed by atoms with Crippen molar-refractivity contribution >= 4 is 23.1 Å². The van der Waals surface area contributed by atoms with Gasteiger partial charge in [0.1, 0.15) is 0 Å². The van der Waals surface area contributed by atoms with Crippen LogP contribution in [0.3, 0.4) is 0 Å². The van der Waals surface area contributed by atoms with E-state index in [0.717, 1.165) is 30.2 Å². The molecule has 2 aliphatic carbocycles. The van der Waals surface area contributed by atoms with Crippen molar-refractivity contribution in [3.63, 3.8) is 0 Å². The van der Waals surface area contributed by atoms with Crippen LogP contribution in [0.2, 0.25) is 0 Å². The fraction of sp³-hybridized carbons (Fsp3) is 0.562. The summed E-state index contributed by atoms with van der Waals surface area (Å²) in [7, 11) is 0. The molecule has 1 amide bonds. The van der Waals surface area contributed by atoms with Crippen LogP contribution in [0.5, 0.6) is 0 Å². The lowest BCUT2D eigenvalue weighted by molar-refractivity contribution is -0.136. The van der Waals surface area contributed by atoms with Crippen LogP contribution in [0, 0.1) is 17.8 Å². The number of aromatic nitrogens is 1. The van der Waals surface area contributed by atoms with Gasteiger partial charge in [0, 0.05) is 37.8 Å². The fourth-order valence-electron chi connectivity index (χ4n) is 3.40. The van der Waals surface area contributed by atoms with Gasteiger partial charge in [0.2, 0.25) is 5.91 Å². The number of rotatable bonds is 6. The second-order valence-electron chi connectivity index (χ2n) is 6.26. The summed E-state index contributed by atoms with van der Waals surface area (Å²) in [5.74, 6) is 2.10. The highest BCUT2D eigenvalue weighted by Crippen LogP contribution is 2.54. The number of carbonyl (C=O) groups is 1. The number of carbonyl (C=O) groups excluding carboxylic acids is 1. The van der Waals surface area contributed by atoms with Gasteiger partial charge in [0.25, 0.3) is 0 Å². The van der Waals surface area contributed by atoms with E-state index in [9.17, 15) is 4.79 Å². The number of hydrogen-bond donors (Lipinski definition) is 1. The number of thiocarbonyl (C=S) groups is 1. The Bertz CT molecular complexity index is 524.